The van der Waals surface area contributed by atoms with Crippen LogP contribution in [0, 0.1) is 11.7 Å². The molecular weight excluding hydrogens is 231 g/mol. The number of benzene rings is 1. The highest BCUT2D eigenvalue weighted by Gasteiger charge is 2.25. The molecule has 0 aliphatic heterocycles. The molecule has 2 atom stereocenters. The van der Waals surface area contributed by atoms with E-state index in [4.69, 9.17) is 16.3 Å². The third-order valence-corrected chi connectivity index (χ3v) is 2.86. The van der Waals surface area contributed by atoms with Gasteiger partial charge in [-0.1, -0.05) is 25.4 Å². The van der Waals surface area contributed by atoms with Crippen molar-refractivity contribution >= 4 is 11.6 Å². The number of aliphatic hydroxyl groups is 1. The van der Waals surface area contributed by atoms with Crippen LogP contribution in [0.15, 0.2) is 18.2 Å². The molecule has 0 aromatic heterocycles. The molecule has 4 heteroatoms. The van der Waals surface area contributed by atoms with E-state index in [1.807, 2.05) is 13.8 Å². The second-order valence-corrected chi connectivity index (χ2v) is 4.46. The topological polar surface area (TPSA) is 29.5 Å². The first-order valence-corrected chi connectivity index (χ1v) is 5.51. The maximum absolute atomic E-state index is 13.1. The predicted molar refractivity (Wildman–Crippen MR) is 62.0 cm³/mol. The van der Waals surface area contributed by atoms with Gasteiger partial charge < -0.3 is 9.84 Å². The molecule has 0 saturated carbocycles. The lowest BCUT2D eigenvalue weighted by atomic mass is 9.96. The molecular formula is C12H16ClFO2. The zero-order valence-corrected chi connectivity index (χ0v) is 10.3. The molecule has 1 aromatic rings. The van der Waals surface area contributed by atoms with Crippen molar-refractivity contribution in [3.63, 3.8) is 0 Å². The van der Waals surface area contributed by atoms with Gasteiger partial charge in [0, 0.05) is 17.7 Å². The van der Waals surface area contributed by atoms with E-state index >= 15 is 0 Å². The normalized spacial score (nSPS) is 15.2. The van der Waals surface area contributed by atoms with Crippen LogP contribution in [0.3, 0.4) is 0 Å². The summed E-state index contributed by atoms with van der Waals surface area (Å²) in [5.74, 6) is -0.309. The summed E-state index contributed by atoms with van der Waals surface area (Å²) in [5.41, 5.74) is 0.363. The van der Waals surface area contributed by atoms with Crippen molar-refractivity contribution in [3.8, 4) is 0 Å². The molecule has 0 bridgehead atoms. The van der Waals surface area contributed by atoms with Gasteiger partial charge in [-0.05, 0) is 24.1 Å². The van der Waals surface area contributed by atoms with Gasteiger partial charge in [0.2, 0.25) is 0 Å². The van der Waals surface area contributed by atoms with Crippen LogP contribution in [-0.2, 0) is 4.74 Å². The average molecular weight is 247 g/mol. The van der Waals surface area contributed by atoms with Crippen LogP contribution in [0.2, 0.25) is 5.02 Å². The summed E-state index contributed by atoms with van der Waals surface area (Å²) in [4.78, 5) is 0. The Hall–Kier alpha value is -0.640. The molecule has 0 aliphatic rings. The van der Waals surface area contributed by atoms with E-state index < -0.39 is 18.0 Å². The Morgan fingerprint density at radius 3 is 2.50 bits per heavy atom. The number of rotatable bonds is 4. The third kappa shape index (κ3) is 2.94. The lowest BCUT2D eigenvalue weighted by Gasteiger charge is -2.25. The van der Waals surface area contributed by atoms with Crippen molar-refractivity contribution in [1.82, 2.24) is 0 Å². The van der Waals surface area contributed by atoms with Crippen LogP contribution in [0.1, 0.15) is 25.5 Å². The van der Waals surface area contributed by atoms with Crippen molar-refractivity contribution in [1.29, 1.82) is 0 Å². The van der Waals surface area contributed by atoms with Crippen LogP contribution >= 0.6 is 11.6 Å². The van der Waals surface area contributed by atoms with E-state index in [0.717, 1.165) is 0 Å². The van der Waals surface area contributed by atoms with E-state index in [1.54, 1.807) is 0 Å². The zero-order chi connectivity index (χ0) is 12.3. The van der Waals surface area contributed by atoms with Crippen molar-refractivity contribution in [3.05, 3.63) is 34.6 Å². The summed E-state index contributed by atoms with van der Waals surface area (Å²) in [6.45, 7) is 3.84. The van der Waals surface area contributed by atoms with Gasteiger partial charge in [0.05, 0.1) is 6.10 Å². The molecule has 0 radical (unpaired) electrons. The molecule has 2 unspecified atom stereocenters. The molecule has 90 valence electrons. The number of halogens is 2. The average Bonchev–Trinajstić information content (AvgIpc) is 2.22. The highest BCUT2D eigenvalue weighted by atomic mass is 35.5. The Morgan fingerprint density at radius 2 is 2.00 bits per heavy atom. The number of hydrogen-bond donors (Lipinski definition) is 1. The Morgan fingerprint density at radius 1 is 1.38 bits per heavy atom. The number of methoxy groups -OCH3 is 1. The van der Waals surface area contributed by atoms with Crippen molar-refractivity contribution in [2.75, 3.05) is 7.11 Å². The summed E-state index contributed by atoms with van der Waals surface area (Å²) in [6.07, 6.45) is -1.33. The number of hydrogen-bond acceptors (Lipinski definition) is 2. The highest BCUT2D eigenvalue weighted by Crippen LogP contribution is 2.30. The van der Waals surface area contributed by atoms with Crippen molar-refractivity contribution in [2.24, 2.45) is 5.92 Å². The third-order valence-electron chi connectivity index (χ3n) is 2.52. The minimum absolute atomic E-state index is 0.110. The van der Waals surface area contributed by atoms with E-state index in [2.05, 4.69) is 0 Å². The fraction of sp³-hybridized carbons (Fsp3) is 0.500. The molecule has 0 saturated heterocycles. The maximum Gasteiger partial charge on any atom is 0.123 e. The van der Waals surface area contributed by atoms with Gasteiger partial charge in [-0.3, -0.25) is 0 Å². The standard InChI is InChI=1S/C12H16ClFO2/c1-7(2)12(16-3)11(15)9-6-8(14)4-5-10(9)13/h4-7,11-12,15H,1-3H3. The molecule has 2 nitrogen and oxygen atoms in total. The minimum Gasteiger partial charge on any atom is -0.386 e. The summed E-state index contributed by atoms with van der Waals surface area (Å²) in [7, 11) is 1.51. The van der Waals surface area contributed by atoms with Crippen LogP contribution in [0.5, 0.6) is 0 Å². The summed E-state index contributed by atoms with van der Waals surface area (Å²) in [6, 6.07) is 3.93. The molecule has 16 heavy (non-hydrogen) atoms. The molecule has 0 spiro atoms. The van der Waals surface area contributed by atoms with Gasteiger partial charge in [0.15, 0.2) is 0 Å². The van der Waals surface area contributed by atoms with Crippen molar-refractivity contribution < 1.29 is 14.2 Å². The molecule has 1 rings (SSSR count). The zero-order valence-electron chi connectivity index (χ0n) is 9.58. The molecule has 0 heterocycles. The van der Waals surface area contributed by atoms with Gasteiger partial charge >= 0.3 is 0 Å². The highest BCUT2D eigenvalue weighted by molar-refractivity contribution is 6.31. The summed E-state index contributed by atoms with van der Waals surface area (Å²) in [5, 5.41) is 10.4. The first-order chi connectivity index (χ1) is 7.47. The number of aliphatic hydroxyl groups excluding tert-OH is 1. The maximum atomic E-state index is 13.1. The molecule has 0 aliphatic carbocycles. The van der Waals surface area contributed by atoms with Gasteiger partial charge in [-0.25, -0.2) is 4.39 Å². The second-order valence-electron chi connectivity index (χ2n) is 4.06. The SMILES string of the molecule is COC(C(C)C)C(O)c1cc(F)ccc1Cl. The fourth-order valence-electron chi connectivity index (χ4n) is 1.68. The van der Waals surface area contributed by atoms with E-state index in [-0.39, 0.29) is 5.92 Å². The van der Waals surface area contributed by atoms with Crippen LogP contribution in [0.25, 0.3) is 0 Å². The van der Waals surface area contributed by atoms with E-state index in [1.165, 1.54) is 25.3 Å². The lowest BCUT2D eigenvalue weighted by molar-refractivity contribution is -0.0391. The minimum atomic E-state index is -0.923. The quantitative estimate of drug-likeness (QED) is 0.884. The molecule has 1 N–H and O–H groups in total. The fourth-order valence-corrected chi connectivity index (χ4v) is 1.91. The first-order valence-electron chi connectivity index (χ1n) is 5.13. The molecule has 1 aromatic carbocycles. The number of ether oxygens (including phenoxy) is 1. The summed E-state index contributed by atoms with van der Waals surface area (Å²) >= 11 is 5.91. The predicted octanol–water partition coefficient (Wildman–Crippen LogP) is 3.18. The van der Waals surface area contributed by atoms with Gasteiger partial charge in [-0.2, -0.15) is 0 Å². The monoisotopic (exact) mass is 246 g/mol. The smallest absolute Gasteiger partial charge is 0.123 e. The largest absolute Gasteiger partial charge is 0.386 e. The van der Waals surface area contributed by atoms with Crippen LogP contribution < -0.4 is 0 Å². The second kappa shape index (κ2) is 5.62. The summed E-state index contributed by atoms with van der Waals surface area (Å²) < 4.78 is 18.3. The first kappa shape index (κ1) is 13.4. The Balaban J connectivity index is 3.02. The van der Waals surface area contributed by atoms with Gasteiger partial charge in [0.1, 0.15) is 11.9 Å². The Labute approximate surface area is 100.0 Å². The van der Waals surface area contributed by atoms with Gasteiger partial charge in [-0.15, -0.1) is 0 Å². The van der Waals surface area contributed by atoms with Crippen LogP contribution in [0.4, 0.5) is 4.39 Å². The Kier molecular flexibility index (Phi) is 4.71. The van der Waals surface area contributed by atoms with Gasteiger partial charge in [0.25, 0.3) is 0 Å². The van der Waals surface area contributed by atoms with E-state index in [9.17, 15) is 9.50 Å². The van der Waals surface area contributed by atoms with E-state index in [0.29, 0.717) is 10.6 Å². The molecule has 0 fully saturated rings. The Bertz CT molecular complexity index is 355. The van der Waals surface area contributed by atoms with Crippen LogP contribution in [-0.4, -0.2) is 18.3 Å². The molecule has 0 amide bonds. The van der Waals surface area contributed by atoms with Crippen molar-refractivity contribution in [2.45, 2.75) is 26.1 Å². The lowest BCUT2D eigenvalue weighted by Crippen LogP contribution is -2.26.